The molecule has 0 N–H and O–H groups in total. The van der Waals surface area contributed by atoms with Crippen LogP contribution in [-0.4, -0.2) is 0 Å². The van der Waals surface area contributed by atoms with Gasteiger partial charge in [0.25, 0.3) is 0 Å². The van der Waals surface area contributed by atoms with Gasteiger partial charge in [0.2, 0.25) is 0 Å². The summed E-state index contributed by atoms with van der Waals surface area (Å²) < 4.78 is 5.66. The molecule has 0 unspecified atom stereocenters. The quantitative estimate of drug-likeness (QED) is 0.832. The summed E-state index contributed by atoms with van der Waals surface area (Å²) in [6, 6.07) is 16.6. The fraction of sp³-hybridized carbons (Fsp3) is 0.125. The fourth-order valence-electron chi connectivity index (χ4n) is 1.71. The van der Waals surface area contributed by atoms with Gasteiger partial charge in [0.15, 0.2) is 0 Å². The molecule has 0 aliphatic heterocycles. The SMILES string of the molecule is N#CCCc1ccc(Oc2ccc(C#N)c(Cl)c2)cc1. The molecule has 3 nitrogen and oxygen atoms in total. The van der Waals surface area contributed by atoms with E-state index in [4.69, 9.17) is 26.9 Å². The van der Waals surface area contributed by atoms with Gasteiger partial charge in [0, 0.05) is 12.5 Å². The van der Waals surface area contributed by atoms with Gasteiger partial charge in [-0.3, -0.25) is 0 Å². The lowest BCUT2D eigenvalue weighted by Gasteiger charge is -2.07. The summed E-state index contributed by atoms with van der Waals surface area (Å²) in [5, 5.41) is 17.7. The van der Waals surface area contributed by atoms with Crippen LogP contribution >= 0.6 is 11.6 Å². The molecule has 0 spiro atoms. The molecule has 0 saturated heterocycles. The van der Waals surface area contributed by atoms with E-state index in [0.717, 1.165) is 12.0 Å². The van der Waals surface area contributed by atoms with E-state index in [1.54, 1.807) is 18.2 Å². The van der Waals surface area contributed by atoms with Crippen LogP contribution in [0.1, 0.15) is 17.5 Å². The van der Waals surface area contributed by atoms with Gasteiger partial charge in [0.1, 0.15) is 17.6 Å². The molecule has 2 rings (SSSR count). The van der Waals surface area contributed by atoms with Crippen molar-refractivity contribution in [3.05, 3.63) is 58.6 Å². The van der Waals surface area contributed by atoms with Gasteiger partial charge in [-0.1, -0.05) is 23.7 Å². The van der Waals surface area contributed by atoms with Crippen LogP contribution in [0.25, 0.3) is 0 Å². The third-order valence-electron chi connectivity index (χ3n) is 2.75. The molecule has 0 heterocycles. The lowest BCUT2D eigenvalue weighted by Crippen LogP contribution is -1.87. The van der Waals surface area contributed by atoms with Crippen LogP contribution in [0.4, 0.5) is 0 Å². The van der Waals surface area contributed by atoms with Crippen molar-refractivity contribution in [3.8, 4) is 23.6 Å². The molecule has 20 heavy (non-hydrogen) atoms. The maximum atomic E-state index is 8.80. The minimum atomic E-state index is 0.371. The molecule has 0 saturated carbocycles. The number of nitriles is 2. The van der Waals surface area contributed by atoms with Crippen LogP contribution in [0.5, 0.6) is 11.5 Å². The second-order valence-electron chi connectivity index (χ2n) is 4.16. The summed E-state index contributed by atoms with van der Waals surface area (Å²) in [7, 11) is 0. The third-order valence-corrected chi connectivity index (χ3v) is 3.06. The summed E-state index contributed by atoms with van der Waals surface area (Å²) in [5.74, 6) is 1.27. The number of hydrogen-bond donors (Lipinski definition) is 0. The minimum Gasteiger partial charge on any atom is -0.457 e. The van der Waals surface area contributed by atoms with Crippen molar-refractivity contribution in [2.75, 3.05) is 0 Å². The van der Waals surface area contributed by atoms with Crippen molar-refractivity contribution in [1.82, 2.24) is 0 Å². The summed E-state index contributed by atoms with van der Waals surface area (Å²) in [5.41, 5.74) is 1.52. The zero-order chi connectivity index (χ0) is 14.4. The third kappa shape index (κ3) is 3.51. The van der Waals surface area contributed by atoms with E-state index in [0.29, 0.717) is 28.5 Å². The Hall–Kier alpha value is -2.49. The molecule has 4 heteroatoms. The highest BCUT2D eigenvalue weighted by Gasteiger charge is 2.03. The normalized spacial score (nSPS) is 9.55. The van der Waals surface area contributed by atoms with Crippen LogP contribution in [0.2, 0.25) is 5.02 Å². The van der Waals surface area contributed by atoms with Crippen LogP contribution in [0, 0.1) is 22.7 Å². The Morgan fingerprint density at radius 2 is 1.70 bits per heavy atom. The second kappa shape index (κ2) is 6.61. The average Bonchev–Trinajstić information content (AvgIpc) is 2.47. The number of ether oxygens (including phenoxy) is 1. The fourth-order valence-corrected chi connectivity index (χ4v) is 1.92. The smallest absolute Gasteiger partial charge is 0.129 e. The largest absolute Gasteiger partial charge is 0.457 e. The molecule has 0 amide bonds. The highest BCUT2D eigenvalue weighted by Crippen LogP contribution is 2.26. The molecule has 0 aromatic heterocycles. The van der Waals surface area contributed by atoms with Gasteiger partial charge in [-0.2, -0.15) is 10.5 Å². The van der Waals surface area contributed by atoms with E-state index < -0.39 is 0 Å². The summed E-state index contributed by atoms with van der Waals surface area (Å²) in [6.45, 7) is 0. The van der Waals surface area contributed by atoms with E-state index in [-0.39, 0.29) is 0 Å². The first-order valence-electron chi connectivity index (χ1n) is 6.06. The first-order valence-corrected chi connectivity index (χ1v) is 6.44. The van der Waals surface area contributed by atoms with Crippen LogP contribution < -0.4 is 4.74 Å². The monoisotopic (exact) mass is 282 g/mol. The number of nitrogens with zero attached hydrogens (tertiary/aromatic N) is 2. The van der Waals surface area contributed by atoms with Crippen LogP contribution in [0.15, 0.2) is 42.5 Å². The number of hydrogen-bond acceptors (Lipinski definition) is 3. The van der Waals surface area contributed by atoms with Gasteiger partial charge in [0.05, 0.1) is 16.7 Å². The van der Waals surface area contributed by atoms with Gasteiger partial charge < -0.3 is 4.74 Å². The Morgan fingerprint density at radius 1 is 1.00 bits per heavy atom. The molecular formula is C16H11ClN2O. The zero-order valence-corrected chi connectivity index (χ0v) is 11.4. The Kier molecular flexibility index (Phi) is 4.60. The molecule has 0 radical (unpaired) electrons. The summed E-state index contributed by atoms with van der Waals surface area (Å²) in [6.07, 6.45) is 1.24. The average molecular weight is 283 g/mol. The Morgan fingerprint density at radius 3 is 2.30 bits per heavy atom. The number of rotatable bonds is 4. The van der Waals surface area contributed by atoms with Crippen molar-refractivity contribution >= 4 is 11.6 Å². The highest BCUT2D eigenvalue weighted by atomic mass is 35.5. The predicted octanol–water partition coefficient (Wildman–Crippen LogP) is 4.46. The lowest BCUT2D eigenvalue weighted by molar-refractivity contribution is 0.482. The molecule has 98 valence electrons. The van der Waals surface area contributed by atoms with Crippen molar-refractivity contribution in [2.45, 2.75) is 12.8 Å². The van der Waals surface area contributed by atoms with Crippen molar-refractivity contribution in [1.29, 1.82) is 10.5 Å². The number of aryl methyl sites for hydroxylation is 1. The summed E-state index contributed by atoms with van der Waals surface area (Å²) in [4.78, 5) is 0. The van der Waals surface area contributed by atoms with Gasteiger partial charge in [-0.25, -0.2) is 0 Å². The van der Waals surface area contributed by atoms with Crippen LogP contribution in [-0.2, 0) is 6.42 Å². The Bertz CT molecular complexity index is 681. The number of halogens is 1. The lowest BCUT2D eigenvalue weighted by atomic mass is 10.1. The zero-order valence-electron chi connectivity index (χ0n) is 10.6. The van der Waals surface area contributed by atoms with Crippen molar-refractivity contribution in [3.63, 3.8) is 0 Å². The van der Waals surface area contributed by atoms with Gasteiger partial charge in [-0.05, 0) is 36.2 Å². The second-order valence-corrected chi connectivity index (χ2v) is 4.56. The van der Waals surface area contributed by atoms with Gasteiger partial charge in [-0.15, -0.1) is 0 Å². The summed E-state index contributed by atoms with van der Waals surface area (Å²) >= 11 is 5.95. The molecule has 2 aromatic carbocycles. The predicted molar refractivity (Wildman–Crippen MR) is 76.6 cm³/mol. The standard InChI is InChI=1S/C16H11ClN2O/c17-16-10-15(8-5-13(16)11-19)20-14-6-3-12(4-7-14)2-1-9-18/h3-8,10H,1-2H2. The molecule has 2 aromatic rings. The molecule has 0 atom stereocenters. The van der Waals surface area contributed by atoms with Gasteiger partial charge >= 0.3 is 0 Å². The van der Waals surface area contributed by atoms with Crippen LogP contribution in [0.3, 0.4) is 0 Å². The molecule has 0 aliphatic carbocycles. The van der Waals surface area contributed by atoms with E-state index >= 15 is 0 Å². The molecule has 0 bridgehead atoms. The topological polar surface area (TPSA) is 56.8 Å². The van der Waals surface area contributed by atoms with Crippen molar-refractivity contribution in [2.24, 2.45) is 0 Å². The van der Waals surface area contributed by atoms with E-state index in [9.17, 15) is 0 Å². The van der Waals surface area contributed by atoms with E-state index in [1.807, 2.05) is 30.3 Å². The first kappa shape index (κ1) is 13.9. The Labute approximate surface area is 122 Å². The Balaban J connectivity index is 2.09. The van der Waals surface area contributed by atoms with E-state index in [1.165, 1.54) is 0 Å². The van der Waals surface area contributed by atoms with E-state index in [2.05, 4.69) is 6.07 Å². The maximum Gasteiger partial charge on any atom is 0.129 e. The number of benzene rings is 2. The highest BCUT2D eigenvalue weighted by molar-refractivity contribution is 6.31. The molecular weight excluding hydrogens is 272 g/mol. The van der Waals surface area contributed by atoms with Crippen molar-refractivity contribution < 1.29 is 4.74 Å². The molecule has 0 aliphatic rings. The first-order chi connectivity index (χ1) is 9.72. The minimum absolute atomic E-state index is 0.371. The maximum absolute atomic E-state index is 8.80. The molecule has 0 fully saturated rings.